The van der Waals surface area contributed by atoms with Crippen molar-refractivity contribution in [3.05, 3.63) is 12.2 Å². The molecule has 1 fully saturated rings. The van der Waals surface area contributed by atoms with Crippen molar-refractivity contribution < 1.29 is 4.79 Å². The molecule has 0 radical (unpaired) electrons. The van der Waals surface area contributed by atoms with Gasteiger partial charge in [0.15, 0.2) is 0 Å². The van der Waals surface area contributed by atoms with E-state index < -0.39 is 0 Å². The van der Waals surface area contributed by atoms with E-state index in [0.29, 0.717) is 6.04 Å². The van der Waals surface area contributed by atoms with Crippen LogP contribution in [0.3, 0.4) is 0 Å². The summed E-state index contributed by atoms with van der Waals surface area (Å²) in [4.78, 5) is 18.2. The van der Waals surface area contributed by atoms with Gasteiger partial charge in [-0.15, -0.1) is 0 Å². The highest BCUT2D eigenvalue weighted by Crippen LogP contribution is 2.06. The number of likely N-dealkylation sites (N-methyl/N-ethyl adjacent to an activating group) is 1. The summed E-state index contributed by atoms with van der Waals surface area (Å²) in [5.41, 5.74) is 0. The molecule has 0 saturated carbocycles. The monoisotopic (exact) mass is 239 g/mol. The molecular weight excluding hydrogens is 214 g/mol. The van der Waals surface area contributed by atoms with Crippen LogP contribution in [0, 0.1) is 0 Å². The lowest BCUT2D eigenvalue weighted by Gasteiger charge is -2.36. The Morgan fingerprint density at radius 1 is 1.24 bits per heavy atom. The van der Waals surface area contributed by atoms with E-state index in [0.717, 1.165) is 32.7 Å². The van der Waals surface area contributed by atoms with Crippen molar-refractivity contribution in [3.8, 4) is 0 Å². The van der Waals surface area contributed by atoms with Gasteiger partial charge < -0.3 is 9.80 Å². The molecule has 98 valence electrons. The van der Waals surface area contributed by atoms with Crippen molar-refractivity contribution in [2.45, 2.75) is 19.9 Å². The summed E-state index contributed by atoms with van der Waals surface area (Å²) in [5.74, 6) is 0.148. The highest BCUT2D eigenvalue weighted by molar-refractivity contribution is 5.87. The molecule has 1 saturated heterocycles. The fourth-order valence-corrected chi connectivity index (χ4v) is 1.93. The lowest BCUT2D eigenvalue weighted by Crippen LogP contribution is -2.50. The van der Waals surface area contributed by atoms with Gasteiger partial charge in [-0.25, -0.2) is 0 Å². The normalized spacial score (nSPS) is 18.6. The van der Waals surface area contributed by atoms with E-state index in [1.807, 2.05) is 30.0 Å². The van der Waals surface area contributed by atoms with Crippen LogP contribution in [-0.4, -0.2) is 73.5 Å². The highest BCUT2D eigenvalue weighted by atomic mass is 16.2. The molecule has 0 aromatic heterocycles. The van der Waals surface area contributed by atoms with Crippen molar-refractivity contribution in [3.63, 3.8) is 0 Å². The molecule has 0 aromatic carbocycles. The van der Waals surface area contributed by atoms with Gasteiger partial charge in [-0.05, 0) is 27.9 Å². The van der Waals surface area contributed by atoms with Gasteiger partial charge in [0.25, 0.3) is 0 Å². The third-order valence-electron chi connectivity index (χ3n) is 3.09. The van der Waals surface area contributed by atoms with Gasteiger partial charge in [-0.2, -0.15) is 0 Å². The first kappa shape index (κ1) is 14.2. The van der Waals surface area contributed by atoms with Gasteiger partial charge in [0.05, 0.1) is 0 Å². The van der Waals surface area contributed by atoms with Crippen molar-refractivity contribution in [1.82, 2.24) is 14.7 Å². The van der Waals surface area contributed by atoms with Crippen LogP contribution in [-0.2, 0) is 4.79 Å². The summed E-state index contributed by atoms with van der Waals surface area (Å²) in [6, 6.07) is 0.580. The SMILES string of the molecule is CC(C)N1CCN(C(=O)C=CCN(C)C)CC1. The van der Waals surface area contributed by atoms with E-state index >= 15 is 0 Å². The van der Waals surface area contributed by atoms with Gasteiger partial charge in [-0.3, -0.25) is 9.69 Å². The van der Waals surface area contributed by atoms with Gasteiger partial charge in [0, 0.05) is 44.8 Å². The van der Waals surface area contributed by atoms with Crippen molar-refractivity contribution in [2.24, 2.45) is 0 Å². The van der Waals surface area contributed by atoms with Crippen molar-refractivity contribution >= 4 is 5.91 Å². The second-order valence-corrected chi connectivity index (χ2v) is 5.12. The maximum absolute atomic E-state index is 11.9. The highest BCUT2D eigenvalue weighted by Gasteiger charge is 2.20. The van der Waals surface area contributed by atoms with Crippen molar-refractivity contribution in [1.29, 1.82) is 0 Å². The van der Waals surface area contributed by atoms with Crippen molar-refractivity contribution in [2.75, 3.05) is 46.8 Å². The Kier molecular flexibility index (Phi) is 5.65. The topological polar surface area (TPSA) is 26.8 Å². The minimum atomic E-state index is 0.148. The molecule has 0 N–H and O–H groups in total. The Hall–Kier alpha value is -0.870. The summed E-state index contributed by atoms with van der Waals surface area (Å²) in [5, 5.41) is 0. The predicted molar refractivity (Wildman–Crippen MR) is 71.0 cm³/mol. The molecule has 4 heteroatoms. The van der Waals surface area contributed by atoms with Crippen LogP contribution in [0.2, 0.25) is 0 Å². The maximum Gasteiger partial charge on any atom is 0.246 e. The quantitative estimate of drug-likeness (QED) is 0.674. The van der Waals surface area contributed by atoms with Crippen LogP contribution >= 0.6 is 0 Å². The van der Waals surface area contributed by atoms with E-state index in [9.17, 15) is 4.79 Å². The average molecular weight is 239 g/mol. The van der Waals surface area contributed by atoms with Gasteiger partial charge in [-0.1, -0.05) is 6.08 Å². The van der Waals surface area contributed by atoms with E-state index in [-0.39, 0.29) is 5.91 Å². The molecule has 1 heterocycles. The lowest BCUT2D eigenvalue weighted by molar-refractivity contribution is -0.128. The number of hydrogen-bond acceptors (Lipinski definition) is 3. The third kappa shape index (κ3) is 4.88. The minimum absolute atomic E-state index is 0.148. The molecule has 1 aliphatic rings. The van der Waals surface area contributed by atoms with Gasteiger partial charge in [0.2, 0.25) is 5.91 Å². The summed E-state index contributed by atoms with van der Waals surface area (Å²) in [7, 11) is 3.99. The second-order valence-electron chi connectivity index (χ2n) is 5.12. The largest absolute Gasteiger partial charge is 0.337 e. The van der Waals surface area contributed by atoms with Crippen LogP contribution in [0.15, 0.2) is 12.2 Å². The second kappa shape index (κ2) is 6.77. The fraction of sp³-hybridized carbons (Fsp3) is 0.769. The number of amides is 1. The first-order chi connectivity index (χ1) is 8.00. The Morgan fingerprint density at radius 3 is 2.29 bits per heavy atom. The Morgan fingerprint density at radius 2 is 1.82 bits per heavy atom. The number of nitrogens with zero attached hydrogens (tertiary/aromatic N) is 3. The lowest BCUT2D eigenvalue weighted by atomic mass is 10.2. The van der Waals surface area contributed by atoms with E-state index in [2.05, 4.69) is 18.7 Å². The van der Waals surface area contributed by atoms with Crippen LogP contribution in [0.4, 0.5) is 0 Å². The summed E-state index contributed by atoms with van der Waals surface area (Å²) < 4.78 is 0. The molecule has 0 spiro atoms. The van der Waals surface area contributed by atoms with Crippen LogP contribution < -0.4 is 0 Å². The Balaban J connectivity index is 2.33. The number of piperazine rings is 1. The van der Waals surface area contributed by atoms with Crippen LogP contribution in [0.25, 0.3) is 0 Å². The predicted octanol–water partition coefficient (Wildman–Crippen LogP) is 0.657. The molecule has 0 unspecified atom stereocenters. The molecule has 1 aliphatic heterocycles. The first-order valence-electron chi connectivity index (χ1n) is 6.35. The summed E-state index contributed by atoms with van der Waals surface area (Å²) in [6.45, 7) is 8.91. The molecule has 0 bridgehead atoms. The number of carbonyl (C=O) groups excluding carboxylic acids is 1. The summed E-state index contributed by atoms with van der Waals surface area (Å²) >= 11 is 0. The smallest absolute Gasteiger partial charge is 0.246 e. The van der Waals surface area contributed by atoms with Gasteiger partial charge in [0.1, 0.15) is 0 Å². The molecule has 0 aromatic rings. The third-order valence-corrected chi connectivity index (χ3v) is 3.09. The van der Waals surface area contributed by atoms with E-state index in [1.54, 1.807) is 6.08 Å². The zero-order valence-corrected chi connectivity index (χ0v) is 11.5. The number of carbonyl (C=O) groups is 1. The Labute approximate surface area is 105 Å². The Bertz CT molecular complexity index is 266. The fourth-order valence-electron chi connectivity index (χ4n) is 1.93. The maximum atomic E-state index is 11.9. The summed E-state index contributed by atoms with van der Waals surface area (Å²) in [6.07, 6.45) is 3.63. The molecule has 1 rings (SSSR count). The van der Waals surface area contributed by atoms with E-state index in [1.165, 1.54) is 0 Å². The zero-order valence-electron chi connectivity index (χ0n) is 11.5. The standard InChI is InChI=1S/C13H25N3O/c1-12(2)15-8-10-16(11-9-15)13(17)6-5-7-14(3)4/h5-6,12H,7-11H2,1-4H3. The average Bonchev–Trinajstić information content (AvgIpc) is 2.28. The van der Waals surface area contributed by atoms with Crippen LogP contribution in [0.1, 0.15) is 13.8 Å². The minimum Gasteiger partial charge on any atom is -0.337 e. The molecule has 17 heavy (non-hydrogen) atoms. The zero-order chi connectivity index (χ0) is 12.8. The number of hydrogen-bond donors (Lipinski definition) is 0. The molecule has 4 nitrogen and oxygen atoms in total. The van der Waals surface area contributed by atoms with E-state index in [4.69, 9.17) is 0 Å². The molecule has 0 aliphatic carbocycles. The van der Waals surface area contributed by atoms with Gasteiger partial charge >= 0.3 is 0 Å². The first-order valence-corrected chi connectivity index (χ1v) is 6.35. The molecular formula is C13H25N3O. The molecule has 0 atom stereocenters. The van der Waals surface area contributed by atoms with Crippen LogP contribution in [0.5, 0.6) is 0 Å². The molecule has 1 amide bonds. The number of rotatable bonds is 4.